The van der Waals surface area contributed by atoms with Gasteiger partial charge in [-0.2, -0.15) is 0 Å². The molecular formula is C9H20OS2. The zero-order valence-corrected chi connectivity index (χ0v) is 10.1. The van der Waals surface area contributed by atoms with Gasteiger partial charge in [0.05, 0.1) is 0 Å². The van der Waals surface area contributed by atoms with E-state index in [1.807, 2.05) is 21.6 Å². The zero-order chi connectivity index (χ0) is 9.61. The molecule has 0 amide bonds. The van der Waals surface area contributed by atoms with Crippen LogP contribution in [0.2, 0.25) is 0 Å². The molecule has 0 aliphatic rings. The van der Waals surface area contributed by atoms with Crippen molar-refractivity contribution in [3.63, 3.8) is 0 Å². The lowest BCUT2D eigenvalue weighted by Gasteiger charge is -2.19. The molecule has 0 saturated heterocycles. The zero-order valence-electron chi connectivity index (χ0n) is 8.46. The third-order valence-electron chi connectivity index (χ3n) is 1.23. The van der Waals surface area contributed by atoms with E-state index in [1.165, 1.54) is 0 Å². The predicted molar refractivity (Wildman–Crippen MR) is 60.7 cm³/mol. The topological polar surface area (TPSA) is 20.2 Å². The van der Waals surface area contributed by atoms with Gasteiger partial charge in [0.2, 0.25) is 0 Å². The lowest BCUT2D eigenvalue weighted by atomic mass is 10.3. The maximum atomic E-state index is 8.63. The molecule has 0 aliphatic carbocycles. The minimum Gasteiger partial charge on any atom is -0.396 e. The molecule has 0 bridgehead atoms. The van der Waals surface area contributed by atoms with Gasteiger partial charge in [-0.1, -0.05) is 49.3 Å². The van der Waals surface area contributed by atoms with E-state index in [2.05, 4.69) is 27.7 Å². The molecule has 0 aromatic carbocycles. The van der Waals surface area contributed by atoms with Crippen LogP contribution >= 0.6 is 21.6 Å². The fourth-order valence-electron chi connectivity index (χ4n) is 0.653. The van der Waals surface area contributed by atoms with Crippen molar-refractivity contribution in [3.8, 4) is 0 Å². The van der Waals surface area contributed by atoms with Crippen LogP contribution < -0.4 is 0 Å². The fourth-order valence-corrected chi connectivity index (χ4v) is 3.02. The molecule has 3 heteroatoms. The number of hydrogen-bond acceptors (Lipinski definition) is 3. The maximum Gasteiger partial charge on any atom is 0.0431 e. The smallest absolute Gasteiger partial charge is 0.0431 e. The number of rotatable bonds is 5. The van der Waals surface area contributed by atoms with E-state index in [0.717, 1.165) is 12.8 Å². The van der Waals surface area contributed by atoms with Gasteiger partial charge in [0.1, 0.15) is 0 Å². The first-order valence-corrected chi connectivity index (χ1v) is 6.62. The summed E-state index contributed by atoms with van der Waals surface area (Å²) in [6.45, 7) is 9.22. The predicted octanol–water partition coefficient (Wildman–Crippen LogP) is 3.33. The summed E-state index contributed by atoms with van der Waals surface area (Å²) >= 11 is 0. The molecule has 1 atom stereocenters. The quantitative estimate of drug-likeness (QED) is 0.700. The van der Waals surface area contributed by atoms with Crippen LogP contribution in [0.5, 0.6) is 0 Å². The average molecular weight is 208 g/mol. The Morgan fingerprint density at radius 2 is 1.92 bits per heavy atom. The van der Waals surface area contributed by atoms with Crippen molar-refractivity contribution < 1.29 is 5.11 Å². The molecule has 0 heterocycles. The number of aliphatic hydroxyl groups is 1. The van der Waals surface area contributed by atoms with E-state index in [0.29, 0.717) is 16.6 Å². The van der Waals surface area contributed by atoms with Gasteiger partial charge in [0, 0.05) is 16.6 Å². The Morgan fingerprint density at radius 3 is 2.33 bits per heavy atom. The molecule has 0 aromatic heterocycles. The molecule has 0 aliphatic heterocycles. The van der Waals surface area contributed by atoms with Crippen molar-refractivity contribution in [2.24, 2.45) is 0 Å². The molecular weight excluding hydrogens is 188 g/mol. The fraction of sp³-hybridized carbons (Fsp3) is 1.00. The van der Waals surface area contributed by atoms with Gasteiger partial charge in [0.25, 0.3) is 0 Å². The Balaban J connectivity index is 3.37. The Hall–Kier alpha value is 0.660. The Labute approximate surface area is 84.1 Å². The van der Waals surface area contributed by atoms with Crippen LogP contribution in [0, 0.1) is 0 Å². The third-order valence-corrected chi connectivity index (χ3v) is 5.17. The summed E-state index contributed by atoms with van der Waals surface area (Å²) in [5.41, 5.74) is 0. The Morgan fingerprint density at radius 1 is 1.33 bits per heavy atom. The maximum absolute atomic E-state index is 8.63. The largest absolute Gasteiger partial charge is 0.396 e. The molecule has 1 nitrogen and oxygen atoms in total. The highest BCUT2D eigenvalue weighted by Crippen LogP contribution is 2.38. The van der Waals surface area contributed by atoms with Crippen molar-refractivity contribution in [2.45, 2.75) is 50.5 Å². The number of hydrogen-bond donors (Lipinski definition) is 1. The molecule has 0 spiro atoms. The van der Waals surface area contributed by atoms with Gasteiger partial charge in [-0.25, -0.2) is 0 Å². The van der Waals surface area contributed by atoms with Crippen molar-refractivity contribution in [3.05, 3.63) is 0 Å². The van der Waals surface area contributed by atoms with E-state index >= 15 is 0 Å². The summed E-state index contributed by atoms with van der Waals surface area (Å²) in [6, 6.07) is 0. The highest BCUT2D eigenvalue weighted by Gasteiger charge is 2.13. The van der Waals surface area contributed by atoms with Gasteiger partial charge in [-0.05, 0) is 12.8 Å². The minimum atomic E-state index is 0.324. The van der Waals surface area contributed by atoms with Crippen LogP contribution in [-0.4, -0.2) is 21.7 Å². The first-order valence-electron chi connectivity index (χ1n) is 4.41. The van der Waals surface area contributed by atoms with Crippen LogP contribution in [-0.2, 0) is 0 Å². The first-order chi connectivity index (χ1) is 5.45. The third kappa shape index (κ3) is 8.75. The van der Waals surface area contributed by atoms with Gasteiger partial charge < -0.3 is 5.11 Å². The summed E-state index contributed by atoms with van der Waals surface area (Å²) in [4.78, 5) is 0. The van der Waals surface area contributed by atoms with E-state index in [4.69, 9.17) is 5.11 Å². The normalized spacial score (nSPS) is 14.8. The van der Waals surface area contributed by atoms with Crippen LogP contribution in [0.1, 0.15) is 40.5 Å². The van der Waals surface area contributed by atoms with Crippen molar-refractivity contribution in [2.75, 3.05) is 6.61 Å². The van der Waals surface area contributed by atoms with Crippen LogP contribution in [0.15, 0.2) is 0 Å². The monoisotopic (exact) mass is 208 g/mol. The highest BCUT2D eigenvalue weighted by atomic mass is 33.1. The van der Waals surface area contributed by atoms with Crippen LogP contribution in [0.25, 0.3) is 0 Å². The molecule has 0 fully saturated rings. The van der Waals surface area contributed by atoms with Gasteiger partial charge >= 0.3 is 0 Å². The Bertz CT molecular complexity index is 110. The molecule has 0 aromatic rings. The summed E-state index contributed by atoms with van der Waals surface area (Å²) in [7, 11) is 3.86. The van der Waals surface area contributed by atoms with Crippen LogP contribution in [0.4, 0.5) is 0 Å². The summed E-state index contributed by atoms with van der Waals surface area (Å²) in [6.07, 6.45) is 2.04. The van der Waals surface area contributed by atoms with E-state index in [-0.39, 0.29) is 0 Å². The summed E-state index contributed by atoms with van der Waals surface area (Å²) in [5, 5.41) is 9.28. The van der Waals surface area contributed by atoms with Gasteiger partial charge in [-0.3, -0.25) is 0 Å². The average Bonchev–Trinajstić information content (AvgIpc) is 1.95. The molecule has 0 saturated carbocycles. The lowest BCUT2D eigenvalue weighted by Crippen LogP contribution is -2.06. The minimum absolute atomic E-state index is 0.324. The Kier molecular flexibility index (Phi) is 6.50. The molecule has 1 unspecified atom stereocenters. The van der Waals surface area contributed by atoms with E-state index in [9.17, 15) is 0 Å². The molecule has 0 radical (unpaired) electrons. The summed E-state index contributed by atoms with van der Waals surface area (Å²) < 4.78 is 0.345. The number of aliphatic hydroxyl groups excluding tert-OH is 1. The first kappa shape index (κ1) is 12.7. The van der Waals surface area contributed by atoms with Crippen molar-refractivity contribution in [1.82, 2.24) is 0 Å². The van der Waals surface area contributed by atoms with E-state index in [1.54, 1.807) is 0 Å². The van der Waals surface area contributed by atoms with Crippen molar-refractivity contribution >= 4 is 21.6 Å². The second-order valence-corrected chi connectivity index (χ2v) is 7.43. The molecule has 12 heavy (non-hydrogen) atoms. The van der Waals surface area contributed by atoms with Crippen LogP contribution in [0.3, 0.4) is 0 Å². The molecule has 74 valence electrons. The van der Waals surface area contributed by atoms with Gasteiger partial charge in [-0.15, -0.1) is 0 Å². The second-order valence-electron chi connectivity index (χ2n) is 3.97. The van der Waals surface area contributed by atoms with Gasteiger partial charge in [0.15, 0.2) is 0 Å². The lowest BCUT2D eigenvalue weighted by molar-refractivity contribution is 0.285. The summed E-state index contributed by atoms with van der Waals surface area (Å²) in [5.74, 6) is 0. The highest BCUT2D eigenvalue weighted by molar-refractivity contribution is 8.77. The SMILES string of the molecule is CC(CCCO)SSC(C)(C)C. The standard InChI is InChI=1S/C9H20OS2/c1-8(6-5-7-10)11-12-9(2,3)4/h8,10H,5-7H2,1-4H3. The second kappa shape index (κ2) is 6.17. The molecule has 1 N–H and O–H groups in total. The molecule has 0 rings (SSSR count). The van der Waals surface area contributed by atoms with Crippen molar-refractivity contribution in [1.29, 1.82) is 0 Å². The van der Waals surface area contributed by atoms with E-state index < -0.39 is 0 Å².